The lowest BCUT2D eigenvalue weighted by Gasteiger charge is -2.05. The number of aromatic nitrogens is 1. The molecule has 0 bridgehead atoms. The first-order chi connectivity index (χ1) is 12.0. The van der Waals surface area contributed by atoms with Gasteiger partial charge in [-0.15, -0.1) is 0 Å². The predicted octanol–water partition coefficient (Wildman–Crippen LogP) is 3.57. The maximum atomic E-state index is 11.1. The summed E-state index contributed by atoms with van der Waals surface area (Å²) in [4.78, 5) is 21.7. The number of rotatable bonds is 5. The van der Waals surface area contributed by atoms with E-state index in [-0.39, 0.29) is 16.7 Å². The maximum Gasteiger partial charge on any atom is 0.341 e. The first-order valence-electron chi connectivity index (χ1n) is 7.26. The molecule has 0 fully saturated rings. The third-order valence-electron chi connectivity index (χ3n) is 3.37. The minimum atomic E-state index is -1.10. The van der Waals surface area contributed by atoms with Gasteiger partial charge in [0.15, 0.2) is 12.2 Å². The van der Waals surface area contributed by atoms with Crippen LogP contribution in [0.25, 0.3) is 22.2 Å². The number of carboxylic acids is 1. The predicted molar refractivity (Wildman–Crippen MR) is 91.9 cm³/mol. The Balaban J connectivity index is 1.94. The molecule has 1 heterocycles. The average molecular weight is 361 g/mol. The van der Waals surface area contributed by atoms with Crippen molar-refractivity contribution in [3.05, 3.63) is 41.4 Å². The molecule has 25 heavy (non-hydrogen) atoms. The number of nitrogens with one attached hydrogen (secondary N) is 1. The summed E-state index contributed by atoms with van der Waals surface area (Å²) in [5, 5.41) is 16.2. The topological polar surface area (TPSA) is 102 Å². The molecule has 2 aromatic carbocycles. The van der Waals surface area contributed by atoms with E-state index in [0.29, 0.717) is 22.4 Å². The van der Waals surface area contributed by atoms with E-state index in [1.165, 1.54) is 6.92 Å². The number of ether oxygens (including phenoxy) is 1. The quantitative estimate of drug-likeness (QED) is 0.721. The lowest BCUT2D eigenvalue weighted by atomic mass is 10.1. The largest absolute Gasteiger partial charge is 0.480 e. The van der Waals surface area contributed by atoms with Crippen LogP contribution in [0.5, 0.6) is 5.75 Å². The van der Waals surface area contributed by atoms with Gasteiger partial charge in [0.2, 0.25) is 5.91 Å². The molecule has 0 aliphatic rings. The number of fused-ring (bicyclic) bond motifs is 1. The molecule has 1 aromatic heterocycles. The number of hydrogen-bond acceptors (Lipinski definition) is 5. The van der Waals surface area contributed by atoms with Crippen LogP contribution in [0, 0.1) is 0 Å². The highest BCUT2D eigenvalue weighted by Crippen LogP contribution is 2.37. The molecule has 3 aromatic rings. The number of carbonyl (C=O) groups excluding carboxylic acids is 1. The van der Waals surface area contributed by atoms with E-state index in [4.69, 9.17) is 26.0 Å². The first kappa shape index (κ1) is 16.8. The Morgan fingerprint density at radius 1 is 1.24 bits per heavy atom. The molecule has 0 aliphatic heterocycles. The van der Waals surface area contributed by atoms with E-state index in [0.717, 1.165) is 5.56 Å². The zero-order valence-corrected chi connectivity index (χ0v) is 13.8. The first-order valence-corrected chi connectivity index (χ1v) is 7.64. The standard InChI is InChI=1S/C17H13ClN2O5/c1-9(21)19-11-4-2-10(3-5-11)16-12-6-7-13(24-8-14(22)23)15(18)17(12)25-20-16/h2-7H,8H2,1H3,(H,19,21)(H,22,23). The molecule has 0 spiro atoms. The van der Waals surface area contributed by atoms with Gasteiger partial charge in [-0.05, 0) is 24.3 Å². The second-order valence-electron chi connectivity index (χ2n) is 5.23. The second-order valence-corrected chi connectivity index (χ2v) is 5.60. The molecule has 0 saturated heterocycles. The van der Waals surface area contributed by atoms with Gasteiger partial charge in [0.25, 0.3) is 0 Å². The van der Waals surface area contributed by atoms with E-state index in [1.54, 1.807) is 36.4 Å². The lowest BCUT2D eigenvalue weighted by Crippen LogP contribution is -2.09. The van der Waals surface area contributed by atoms with E-state index >= 15 is 0 Å². The van der Waals surface area contributed by atoms with Crippen LogP contribution >= 0.6 is 11.6 Å². The third-order valence-corrected chi connectivity index (χ3v) is 3.73. The van der Waals surface area contributed by atoms with Gasteiger partial charge in [-0.25, -0.2) is 4.79 Å². The highest BCUT2D eigenvalue weighted by molar-refractivity contribution is 6.36. The van der Waals surface area contributed by atoms with E-state index < -0.39 is 12.6 Å². The zero-order chi connectivity index (χ0) is 18.0. The van der Waals surface area contributed by atoms with Crippen LogP contribution in [0.3, 0.4) is 0 Å². The Labute approximate surface area is 147 Å². The van der Waals surface area contributed by atoms with Crippen molar-refractivity contribution in [2.75, 3.05) is 11.9 Å². The van der Waals surface area contributed by atoms with Crippen molar-refractivity contribution in [1.82, 2.24) is 5.16 Å². The van der Waals surface area contributed by atoms with Crippen molar-refractivity contribution in [3.63, 3.8) is 0 Å². The van der Waals surface area contributed by atoms with Crippen molar-refractivity contribution < 1.29 is 24.0 Å². The van der Waals surface area contributed by atoms with Crippen LogP contribution in [-0.2, 0) is 9.59 Å². The number of benzene rings is 2. The van der Waals surface area contributed by atoms with E-state index in [2.05, 4.69) is 10.5 Å². The fourth-order valence-corrected chi connectivity index (χ4v) is 2.58. The smallest absolute Gasteiger partial charge is 0.341 e. The summed E-state index contributed by atoms with van der Waals surface area (Å²) in [6.45, 7) is 0.932. The lowest BCUT2D eigenvalue weighted by molar-refractivity contribution is -0.139. The molecule has 3 rings (SSSR count). The summed E-state index contributed by atoms with van der Waals surface area (Å²) < 4.78 is 10.4. The van der Waals surface area contributed by atoms with Gasteiger partial charge in [-0.2, -0.15) is 0 Å². The van der Waals surface area contributed by atoms with Gasteiger partial charge < -0.3 is 19.7 Å². The fourth-order valence-electron chi connectivity index (χ4n) is 2.33. The zero-order valence-electron chi connectivity index (χ0n) is 13.1. The Hall–Kier alpha value is -3.06. The molecule has 7 nitrogen and oxygen atoms in total. The molecule has 8 heteroatoms. The molecule has 128 valence electrons. The monoisotopic (exact) mass is 360 g/mol. The summed E-state index contributed by atoms with van der Waals surface area (Å²) in [5.74, 6) is -1.05. The van der Waals surface area contributed by atoms with E-state index in [1.807, 2.05) is 0 Å². The average Bonchev–Trinajstić information content (AvgIpc) is 2.99. The van der Waals surface area contributed by atoms with Crippen LogP contribution in [0.2, 0.25) is 5.02 Å². The number of carboxylic acid groups (broad SMARTS) is 1. The summed E-state index contributed by atoms with van der Waals surface area (Å²) in [5.41, 5.74) is 2.34. The molecule has 0 radical (unpaired) electrons. The normalized spacial score (nSPS) is 10.6. The Bertz CT molecular complexity index is 950. The summed E-state index contributed by atoms with van der Waals surface area (Å²) in [6.07, 6.45) is 0. The number of amides is 1. The summed E-state index contributed by atoms with van der Waals surface area (Å²) >= 11 is 6.21. The second kappa shape index (κ2) is 6.82. The molecule has 0 atom stereocenters. The van der Waals surface area contributed by atoms with Crippen LogP contribution in [0.15, 0.2) is 40.9 Å². The Morgan fingerprint density at radius 3 is 2.60 bits per heavy atom. The van der Waals surface area contributed by atoms with Gasteiger partial charge in [-0.1, -0.05) is 28.9 Å². The van der Waals surface area contributed by atoms with Gasteiger partial charge in [0, 0.05) is 18.2 Å². The summed E-state index contributed by atoms with van der Waals surface area (Å²) in [6, 6.07) is 10.4. The number of halogens is 1. The Morgan fingerprint density at radius 2 is 1.96 bits per heavy atom. The Kier molecular flexibility index (Phi) is 4.58. The highest BCUT2D eigenvalue weighted by Gasteiger charge is 2.17. The highest BCUT2D eigenvalue weighted by atomic mass is 35.5. The van der Waals surface area contributed by atoms with Crippen molar-refractivity contribution in [1.29, 1.82) is 0 Å². The van der Waals surface area contributed by atoms with E-state index in [9.17, 15) is 9.59 Å². The number of aliphatic carboxylic acids is 1. The molecular weight excluding hydrogens is 348 g/mol. The minimum Gasteiger partial charge on any atom is -0.480 e. The number of anilines is 1. The SMILES string of the molecule is CC(=O)Nc1ccc(-c2noc3c(Cl)c(OCC(=O)O)ccc23)cc1. The van der Waals surface area contributed by atoms with Crippen molar-refractivity contribution >= 4 is 40.1 Å². The van der Waals surface area contributed by atoms with Gasteiger partial charge in [0.1, 0.15) is 16.5 Å². The van der Waals surface area contributed by atoms with Crippen LogP contribution in [0.1, 0.15) is 6.92 Å². The third kappa shape index (κ3) is 3.56. The molecule has 2 N–H and O–H groups in total. The molecular formula is C17H13ClN2O5. The molecule has 0 unspecified atom stereocenters. The van der Waals surface area contributed by atoms with Crippen LogP contribution < -0.4 is 10.1 Å². The number of hydrogen-bond donors (Lipinski definition) is 2. The number of carbonyl (C=O) groups is 2. The maximum absolute atomic E-state index is 11.1. The fraction of sp³-hybridized carbons (Fsp3) is 0.118. The van der Waals surface area contributed by atoms with Gasteiger partial charge in [-0.3, -0.25) is 4.79 Å². The molecule has 0 aliphatic carbocycles. The van der Waals surface area contributed by atoms with Gasteiger partial charge >= 0.3 is 5.97 Å². The van der Waals surface area contributed by atoms with Crippen molar-refractivity contribution in [2.45, 2.75) is 6.92 Å². The summed E-state index contributed by atoms with van der Waals surface area (Å²) in [7, 11) is 0. The van der Waals surface area contributed by atoms with Gasteiger partial charge in [0.05, 0.1) is 5.39 Å². The van der Waals surface area contributed by atoms with Crippen LogP contribution in [0.4, 0.5) is 5.69 Å². The van der Waals surface area contributed by atoms with Crippen molar-refractivity contribution in [3.8, 4) is 17.0 Å². The molecule has 1 amide bonds. The number of nitrogens with zero attached hydrogens (tertiary/aromatic N) is 1. The van der Waals surface area contributed by atoms with Crippen LogP contribution in [-0.4, -0.2) is 28.7 Å². The van der Waals surface area contributed by atoms with Crippen molar-refractivity contribution in [2.24, 2.45) is 0 Å². The minimum absolute atomic E-state index is 0.152. The molecule has 0 saturated carbocycles.